The van der Waals surface area contributed by atoms with E-state index in [4.69, 9.17) is 0 Å². The fourth-order valence-corrected chi connectivity index (χ4v) is 3.03. The zero-order valence-corrected chi connectivity index (χ0v) is 12.7. The Bertz CT molecular complexity index is 674. The van der Waals surface area contributed by atoms with Crippen molar-refractivity contribution in [2.45, 2.75) is 39.5 Å². The van der Waals surface area contributed by atoms with Crippen molar-refractivity contribution in [3.05, 3.63) is 39.0 Å². The molecule has 1 amide bonds. The highest BCUT2D eigenvalue weighted by Gasteiger charge is 2.26. The molecule has 3 rings (SSSR count). The molecule has 4 nitrogen and oxygen atoms in total. The molecule has 0 radical (unpaired) electrons. The van der Waals surface area contributed by atoms with Crippen LogP contribution in [-0.4, -0.2) is 15.9 Å². The summed E-state index contributed by atoms with van der Waals surface area (Å²) in [5.41, 5.74) is 2.82. The maximum Gasteiger partial charge on any atom is 0.257 e. The first-order valence-electron chi connectivity index (χ1n) is 6.76. The Morgan fingerprint density at radius 2 is 2.05 bits per heavy atom. The lowest BCUT2D eigenvalue weighted by Gasteiger charge is -2.07. The summed E-state index contributed by atoms with van der Waals surface area (Å²) >= 11 is 1.60. The van der Waals surface area contributed by atoms with E-state index in [2.05, 4.69) is 15.3 Å². The topological polar surface area (TPSA) is 54.9 Å². The lowest BCUT2D eigenvalue weighted by atomic mass is 10.1. The third-order valence-corrected chi connectivity index (χ3v) is 4.64. The molecule has 20 heavy (non-hydrogen) atoms. The molecule has 1 fully saturated rings. The van der Waals surface area contributed by atoms with Crippen LogP contribution in [0.4, 0.5) is 5.82 Å². The molecule has 0 aromatic carbocycles. The van der Waals surface area contributed by atoms with Gasteiger partial charge in [0, 0.05) is 27.9 Å². The van der Waals surface area contributed by atoms with Gasteiger partial charge in [-0.15, -0.1) is 11.3 Å². The van der Waals surface area contributed by atoms with E-state index in [9.17, 15) is 4.79 Å². The summed E-state index contributed by atoms with van der Waals surface area (Å²) < 4.78 is 0. The Morgan fingerprint density at radius 3 is 2.65 bits per heavy atom. The van der Waals surface area contributed by atoms with Gasteiger partial charge in [0.15, 0.2) is 0 Å². The molecule has 1 N–H and O–H groups in total. The van der Waals surface area contributed by atoms with Crippen LogP contribution in [0.1, 0.15) is 51.1 Å². The van der Waals surface area contributed by atoms with Crippen LogP contribution >= 0.6 is 11.3 Å². The SMILES string of the molecule is Cc1nc(NC(=O)c2csc(C)c2C)cc(C2CC2)n1. The van der Waals surface area contributed by atoms with Crippen molar-refractivity contribution in [2.24, 2.45) is 0 Å². The predicted molar refractivity (Wildman–Crippen MR) is 80.5 cm³/mol. The molecule has 5 heteroatoms. The Hall–Kier alpha value is -1.75. The summed E-state index contributed by atoms with van der Waals surface area (Å²) in [7, 11) is 0. The number of rotatable bonds is 3. The van der Waals surface area contributed by atoms with Gasteiger partial charge >= 0.3 is 0 Å². The van der Waals surface area contributed by atoms with E-state index in [1.807, 2.05) is 32.2 Å². The summed E-state index contributed by atoms with van der Waals surface area (Å²) in [4.78, 5) is 22.2. The highest BCUT2D eigenvalue weighted by molar-refractivity contribution is 7.10. The quantitative estimate of drug-likeness (QED) is 0.938. The van der Waals surface area contributed by atoms with Crippen molar-refractivity contribution in [3.63, 3.8) is 0 Å². The van der Waals surface area contributed by atoms with Crippen LogP contribution in [0, 0.1) is 20.8 Å². The molecule has 1 aliphatic carbocycles. The Morgan fingerprint density at radius 1 is 1.30 bits per heavy atom. The molecular weight excluding hydrogens is 270 g/mol. The molecule has 0 spiro atoms. The number of nitrogens with one attached hydrogen (secondary N) is 1. The second kappa shape index (κ2) is 4.98. The summed E-state index contributed by atoms with van der Waals surface area (Å²) in [6, 6.07) is 1.90. The molecule has 0 aliphatic heterocycles. The van der Waals surface area contributed by atoms with Gasteiger partial charge in [-0.1, -0.05) is 0 Å². The Balaban J connectivity index is 1.83. The van der Waals surface area contributed by atoms with E-state index in [0.717, 1.165) is 16.8 Å². The van der Waals surface area contributed by atoms with Crippen molar-refractivity contribution in [1.29, 1.82) is 0 Å². The molecule has 0 saturated heterocycles. The standard InChI is InChI=1S/C15H17N3OS/c1-8-9(2)20-7-12(8)15(19)18-14-6-13(11-4-5-11)16-10(3)17-14/h6-7,11H,4-5H2,1-3H3,(H,16,17,18,19). The van der Waals surface area contributed by atoms with Gasteiger partial charge in [-0.25, -0.2) is 9.97 Å². The molecular formula is C15H17N3OS. The fraction of sp³-hybridized carbons (Fsp3) is 0.400. The van der Waals surface area contributed by atoms with Crippen molar-refractivity contribution in [1.82, 2.24) is 9.97 Å². The first-order valence-corrected chi connectivity index (χ1v) is 7.64. The van der Waals surface area contributed by atoms with Crippen LogP contribution in [0.5, 0.6) is 0 Å². The number of thiophene rings is 1. The molecule has 2 aromatic rings. The minimum Gasteiger partial charge on any atom is -0.306 e. The summed E-state index contributed by atoms with van der Waals surface area (Å²) in [5, 5.41) is 4.79. The number of anilines is 1. The number of amides is 1. The minimum atomic E-state index is -0.0910. The van der Waals surface area contributed by atoms with Crippen LogP contribution < -0.4 is 5.32 Å². The number of nitrogens with zero attached hydrogens (tertiary/aromatic N) is 2. The van der Waals surface area contributed by atoms with E-state index >= 15 is 0 Å². The first-order chi connectivity index (χ1) is 9.54. The zero-order chi connectivity index (χ0) is 14.3. The van der Waals surface area contributed by atoms with Gasteiger partial charge in [0.2, 0.25) is 0 Å². The molecule has 0 unspecified atom stereocenters. The maximum absolute atomic E-state index is 12.3. The van der Waals surface area contributed by atoms with E-state index < -0.39 is 0 Å². The zero-order valence-electron chi connectivity index (χ0n) is 11.9. The largest absolute Gasteiger partial charge is 0.306 e. The van der Waals surface area contributed by atoms with Crippen LogP contribution in [0.3, 0.4) is 0 Å². The molecule has 1 aliphatic rings. The van der Waals surface area contributed by atoms with E-state index in [1.165, 1.54) is 17.7 Å². The third kappa shape index (κ3) is 2.58. The lowest BCUT2D eigenvalue weighted by Crippen LogP contribution is -2.14. The van der Waals surface area contributed by atoms with Gasteiger partial charge in [-0.3, -0.25) is 4.79 Å². The van der Waals surface area contributed by atoms with Gasteiger partial charge in [0.05, 0.1) is 5.56 Å². The predicted octanol–water partition coefficient (Wildman–Crippen LogP) is 3.59. The summed E-state index contributed by atoms with van der Waals surface area (Å²) in [6.07, 6.45) is 2.37. The van der Waals surface area contributed by atoms with E-state index in [-0.39, 0.29) is 5.91 Å². The maximum atomic E-state index is 12.3. The van der Waals surface area contributed by atoms with E-state index in [0.29, 0.717) is 17.6 Å². The lowest BCUT2D eigenvalue weighted by molar-refractivity contribution is 0.102. The van der Waals surface area contributed by atoms with Gasteiger partial charge in [-0.2, -0.15) is 0 Å². The second-order valence-corrected chi connectivity index (χ2v) is 6.37. The fourth-order valence-electron chi connectivity index (χ4n) is 2.16. The van der Waals surface area contributed by atoms with Gasteiger partial charge < -0.3 is 5.32 Å². The molecule has 2 aromatic heterocycles. The highest BCUT2D eigenvalue weighted by atomic mass is 32.1. The van der Waals surface area contributed by atoms with E-state index in [1.54, 1.807) is 11.3 Å². The number of hydrogen-bond acceptors (Lipinski definition) is 4. The Kier molecular flexibility index (Phi) is 3.30. The smallest absolute Gasteiger partial charge is 0.257 e. The van der Waals surface area contributed by atoms with Crippen molar-refractivity contribution >= 4 is 23.1 Å². The summed E-state index contributed by atoms with van der Waals surface area (Å²) in [5.74, 6) is 1.78. The molecule has 1 saturated carbocycles. The van der Waals surface area contributed by atoms with Crippen LogP contribution in [0.15, 0.2) is 11.4 Å². The second-order valence-electron chi connectivity index (χ2n) is 5.28. The molecule has 0 bridgehead atoms. The average molecular weight is 287 g/mol. The summed E-state index contributed by atoms with van der Waals surface area (Å²) in [6.45, 7) is 5.86. The number of carbonyl (C=O) groups is 1. The molecule has 2 heterocycles. The monoisotopic (exact) mass is 287 g/mol. The number of aromatic nitrogens is 2. The van der Waals surface area contributed by atoms with Crippen LogP contribution in [0.2, 0.25) is 0 Å². The number of hydrogen-bond donors (Lipinski definition) is 1. The Labute approximate surface area is 122 Å². The van der Waals surface area contributed by atoms with Crippen LogP contribution in [-0.2, 0) is 0 Å². The number of carbonyl (C=O) groups excluding carboxylic acids is 1. The van der Waals surface area contributed by atoms with Crippen LogP contribution in [0.25, 0.3) is 0 Å². The first kappa shape index (κ1) is 13.2. The minimum absolute atomic E-state index is 0.0910. The molecule has 104 valence electrons. The van der Waals surface area contributed by atoms with Gasteiger partial charge in [0.1, 0.15) is 11.6 Å². The normalized spacial score (nSPS) is 14.3. The van der Waals surface area contributed by atoms with Crippen molar-refractivity contribution in [3.8, 4) is 0 Å². The number of aryl methyl sites for hydroxylation is 2. The van der Waals surface area contributed by atoms with Gasteiger partial charge in [0.25, 0.3) is 5.91 Å². The van der Waals surface area contributed by atoms with Crippen molar-refractivity contribution < 1.29 is 4.79 Å². The highest BCUT2D eigenvalue weighted by Crippen LogP contribution is 2.39. The molecule has 0 atom stereocenters. The van der Waals surface area contributed by atoms with Gasteiger partial charge in [-0.05, 0) is 39.2 Å². The third-order valence-electron chi connectivity index (χ3n) is 3.63. The van der Waals surface area contributed by atoms with Crippen molar-refractivity contribution in [2.75, 3.05) is 5.32 Å². The average Bonchev–Trinajstić information content (AvgIpc) is 3.17.